The molecule has 0 amide bonds. The summed E-state index contributed by atoms with van der Waals surface area (Å²) in [5, 5.41) is 0.556. The van der Waals surface area contributed by atoms with Crippen molar-refractivity contribution in [3.63, 3.8) is 0 Å². The lowest BCUT2D eigenvalue weighted by Gasteiger charge is -1.96. The van der Waals surface area contributed by atoms with E-state index in [9.17, 15) is 8.78 Å². The molecule has 5 heteroatoms. The molecule has 2 nitrogen and oxygen atoms in total. The first kappa shape index (κ1) is 8.55. The van der Waals surface area contributed by atoms with Crippen molar-refractivity contribution in [2.24, 2.45) is 5.73 Å². The normalized spacial score (nSPS) is 13.9. The maximum Gasteiger partial charge on any atom is 0.274 e. The van der Waals surface area contributed by atoms with Crippen molar-refractivity contribution in [1.29, 1.82) is 0 Å². The Labute approximate surface area is 67.1 Å². The zero-order valence-corrected chi connectivity index (χ0v) is 6.74. The second-order valence-corrected chi connectivity index (χ2v) is 3.28. The summed E-state index contributed by atoms with van der Waals surface area (Å²) < 4.78 is 23.9. The number of nitrogens with zero attached hydrogens (tertiary/aromatic N) is 1. The summed E-state index contributed by atoms with van der Waals surface area (Å²) in [7, 11) is 0. The maximum absolute atomic E-state index is 12.0. The average Bonchev–Trinajstić information content (AvgIpc) is 2.33. The Morgan fingerprint density at radius 3 is 2.55 bits per heavy atom. The number of hydrogen-bond acceptors (Lipinski definition) is 3. The Balaban J connectivity index is 2.82. The molecule has 0 saturated heterocycles. The Hall–Kier alpha value is -0.550. The van der Waals surface area contributed by atoms with Gasteiger partial charge in [0.1, 0.15) is 5.01 Å². The van der Waals surface area contributed by atoms with E-state index in [1.165, 1.54) is 6.20 Å². The molecule has 0 radical (unpaired) electrons. The zero-order valence-electron chi connectivity index (χ0n) is 5.92. The van der Waals surface area contributed by atoms with Crippen molar-refractivity contribution in [1.82, 2.24) is 4.98 Å². The van der Waals surface area contributed by atoms with Gasteiger partial charge in [-0.15, -0.1) is 11.3 Å². The van der Waals surface area contributed by atoms with Crippen LogP contribution in [0.15, 0.2) is 6.20 Å². The third kappa shape index (κ3) is 1.94. The number of nitrogens with two attached hydrogens (primary N) is 1. The molecule has 1 unspecified atom stereocenters. The largest absolute Gasteiger partial charge is 0.322 e. The van der Waals surface area contributed by atoms with Gasteiger partial charge >= 0.3 is 0 Å². The van der Waals surface area contributed by atoms with Gasteiger partial charge in [-0.2, -0.15) is 0 Å². The van der Waals surface area contributed by atoms with Crippen LogP contribution in [0.2, 0.25) is 0 Å². The van der Waals surface area contributed by atoms with Crippen LogP contribution >= 0.6 is 11.3 Å². The molecule has 1 rings (SSSR count). The smallest absolute Gasteiger partial charge is 0.274 e. The Morgan fingerprint density at radius 1 is 1.64 bits per heavy atom. The number of halogens is 2. The molecule has 1 aromatic heterocycles. The van der Waals surface area contributed by atoms with Gasteiger partial charge in [0.25, 0.3) is 6.43 Å². The van der Waals surface area contributed by atoms with Crippen molar-refractivity contribution in [3.8, 4) is 0 Å². The molecule has 0 aliphatic carbocycles. The van der Waals surface area contributed by atoms with Crippen LogP contribution in [0.4, 0.5) is 8.78 Å². The summed E-state index contributed by atoms with van der Waals surface area (Å²) in [5.41, 5.74) is 5.43. The van der Waals surface area contributed by atoms with Crippen LogP contribution in [0.3, 0.4) is 0 Å². The third-order valence-corrected chi connectivity index (χ3v) is 2.35. The molecule has 0 bridgehead atoms. The molecular formula is C6H8F2N2S. The molecule has 0 aromatic carbocycles. The number of rotatable bonds is 2. The monoisotopic (exact) mass is 178 g/mol. The molecular weight excluding hydrogens is 170 g/mol. The quantitative estimate of drug-likeness (QED) is 0.753. The van der Waals surface area contributed by atoms with Crippen LogP contribution in [-0.4, -0.2) is 4.98 Å². The minimum atomic E-state index is -2.43. The molecule has 0 fully saturated rings. The third-order valence-electron chi connectivity index (χ3n) is 1.15. The van der Waals surface area contributed by atoms with E-state index in [-0.39, 0.29) is 10.9 Å². The predicted molar refractivity (Wildman–Crippen MR) is 39.7 cm³/mol. The maximum atomic E-state index is 12.0. The van der Waals surface area contributed by atoms with Gasteiger partial charge in [-0.05, 0) is 6.92 Å². The second kappa shape index (κ2) is 3.23. The summed E-state index contributed by atoms with van der Waals surface area (Å²) in [5.74, 6) is 0. The lowest BCUT2D eigenvalue weighted by atomic mass is 10.4. The fourth-order valence-electron chi connectivity index (χ4n) is 0.612. The molecule has 0 spiro atoms. The lowest BCUT2D eigenvalue weighted by molar-refractivity contribution is 0.155. The van der Waals surface area contributed by atoms with Gasteiger partial charge in [0.05, 0.1) is 10.9 Å². The topological polar surface area (TPSA) is 38.9 Å². The zero-order chi connectivity index (χ0) is 8.43. The van der Waals surface area contributed by atoms with Gasteiger partial charge in [0, 0.05) is 6.20 Å². The highest BCUT2D eigenvalue weighted by Crippen LogP contribution is 2.26. The van der Waals surface area contributed by atoms with E-state index in [0.717, 1.165) is 11.3 Å². The van der Waals surface area contributed by atoms with E-state index < -0.39 is 6.43 Å². The minimum absolute atomic E-state index is 0.0164. The van der Waals surface area contributed by atoms with E-state index in [0.29, 0.717) is 5.01 Å². The van der Waals surface area contributed by atoms with Crippen LogP contribution < -0.4 is 5.73 Å². The van der Waals surface area contributed by atoms with Crippen molar-refractivity contribution < 1.29 is 8.78 Å². The molecule has 62 valence electrons. The van der Waals surface area contributed by atoms with Crippen LogP contribution in [0.1, 0.15) is 29.3 Å². The van der Waals surface area contributed by atoms with Crippen molar-refractivity contribution in [3.05, 3.63) is 16.1 Å². The first-order valence-corrected chi connectivity index (χ1v) is 3.92. The van der Waals surface area contributed by atoms with Crippen LogP contribution in [0.5, 0.6) is 0 Å². The predicted octanol–water partition coefficient (Wildman–Crippen LogP) is 2.10. The van der Waals surface area contributed by atoms with Crippen molar-refractivity contribution in [2.45, 2.75) is 19.4 Å². The molecule has 2 N–H and O–H groups in total. The molecule has 0 aliphatic heterocycles. The lowest BCUT2D eigenvalue weighted by Crippen LogP contribution is -2.03. The van der Waals surface area contributed by atoms with E-state index in [2.05, 4.69) is 4.98 Å². The number of thiazole rings is 1. The molecule has 11 heavy (non-hydrogen) atoms. The minimum Gasteiger partial charge on any atom is -0.322 e. The van der Waals surface area contributed by atoms with Crippen LogP contribution in [0.25, 0.3) is 0 Å². The number of aromatic nitrogens is 1. The second-order valence-electron chi connectivity index (χ2n) is 2.19. The summed E-state index contributed by atoms with van der Waals surface area (Å²) in [6.45, 7) is 1.72. The Kier molecular flexibility index (Phi) is 2.51. The fraction of sp³-hybridized carbons (Fsp3) is 0.500. The summed E-state index contributed by atoms with van der Waals surface area (Å²) in [6.07, 6.45) is -1.26. The van der Waals surface area contributed by atoms with Gasteiger partial charge in [-0.1, -0.05) is 0 Å². The molecule has 1 heterocycles. The standard InChI is InChI=1S/C6H8F2N2S/c1-3(9)6-10-2-4(11-6)5(7)8/h2-3,5H,9H2,1H3. The van der Waals surface area contributed by atoms with E-state index >= 15 is 0 Å². The average molecular weight is 178 g/mol. The Bertz CT molecular complexity index is 212. The van der Waals surface area contributed by atoms with Crippen molar-refractivity contribution >= 4 is 11.3 Å². The highest BCUT2D eigenvalue weighted by atomic mass is 32.1. The summed E-state index contributed by atoms with van der Waals surface area (Å²) in [4.78, 5) is 3.73. The summed E-state index contributed by atoms with van der Waals surface area (Å²) >= 11 is 0.963. The number of alkyl halides is 2. The van der Waals surface area contributed by atoms with Crippen LogP contribution in [-0.2, 0) is 0 Å². The molecule has 1 aromatic rings. The van der Waals surface area contributed by atoms with E-state index in [1.54, 1.807) is 6.92 Å². The van der Waals surface area contributed by atoms with Gasteiger partial charge in [0.15, 0.2) is 0 Å². The van der Waals surface area contributed by atoms with E-state index in [4.69, 9.17) is 5.73 Å². The molecule has 0 aliphatic rings. The van der Waals surface area contributed by atoms with Gasteiger partial charge < -0.3 is 5.73 Å². The SMILES string of the molecule is CC(N)c1ncc(C(F)F)s1. The van der Waals surface area contributed by atoms with Gasteiger partial charge in [0.2, 0.25) is 0 Å². The molecule has 0 saturated carbocycles. The highest BCUT2D eigenvalue weighted by molar-refractivity contribution is 7.11. The van der Waals surface area contributed by atoms with Crippen molar-refractivity contribution in [2.75, 3.05) is 0 Å². The van der Waals surface area contributed by atoms with Crippen LogP contribution in [0, 0.1) is 0 Å². The van der Waals surface area contributed by atoms with Gasteiger partial charge in [-0.3, -0.25) is 0 Å². The number of hydrogen-bond donors (Lipinski definition) is 1. The first-order chi connectivity index (χ1) is 5.11. The fourth-order valence-corrected chi connectivity index (χ4v) is 1.34. The highest BCUT2D eigenvalue weighted by Gasteiger charge is 2.12. The Morgan fingerprint density at radius 2 is 2.27 bits per heavy atom. The summed E-state index contributed by atoms with van der Waals surface area (Å²) in [6, 6.07) is -0.257. The molecule has 1 atom stereocenters. The van der Waals surface area contributed by atoms with Gasteiger partial charge in [-0.25, -0.2) is 13.8 Å². The first-order valence-electron chi connectivity index (χ1n) is 3.10. The van der Waals surface area contributed by atoms with E-state index in [1.807, 2.05) is 0 Å².